The molecule has 0 aromatic carbocycles. The molecule has 2 N–H and O–H groups in total. The van der Waals surface area contributed by atoms with Gasteiger partial charge in [0.15, 0.2) is 0 Å². The Hall–Kier alpha value is -2.38. The van der Waals surface area contributed by atoms with Crippen molar-refractivity contribution in [3.63, 3.8) is 0 Å². The molecule has 4 atom stereocenters. The molecule has 0 bridgehead atoms. The average molecular weight is 434 g/mol. The van der Waals surface area contributed by atoms with Crippen molar-refractivity contribution in [2.45, 2.75) is 95.4 Å². The highest BCUT2D eigenvalue weighted by Gasteiger charge is 2.55. The number of aldehydes is 1. The van der Waals surface area contributed by atoms with Crippen molar-refractivity contribution >= 4 is 24.2 Å². The first-order valence-corrected chi connectivity index (χ1v) is 11.4. The molecule has 0 aromatic rings. The number of carbonyl (C=O) groups is 4. The lowest BCUT2D eigenvalue weighted by atomic mass is 10.0. The highest BCUT2D eigenvalue weighted by molar-refractivity contribution is 5.94. The van der Waals surface area contributed by atoms with Crippen LogP contribution in [0.15, 0.2) is 12.2 Å². The van der Waals surface area contributed by atoms with E-state index in [-0.39, 0.29) is 17.7 Å². The van der Waals surface area contributed by atoms with E-state index in [1.54, 1.807) is 25.7 Å². The summed E-state index contributed by atoms with van der Waals surface area (Å²) in [5.74, 6) is -0.532. The van der Waals surface area contributed by atoms with Crippen molar-refractivity contribution in [3.05, 3.63) is 12.2 Å². The molecule has 172 valence electrons. The molecule has 0 unspecified atom stereocenters. The van der Waals surface area contributed by atoms with Gasteiger partial charge in [0.05, 0.1) is 0 Å². The number of nitrogens with zero attached hydrogens (tertiary/aromatic N) is 1. The molecule has 3 amide bonds. The predicted molar refractivity (Wildman–Crippen MR) is 115 cm³/mol. The van der Waals surface area contributed by atoms with Crippen LogP contribution in [0.25, 0.3) is 0 Å². The van der Waals surface area contributed by atoms with Crippen LogP contribution in [0, 0.1) is 5.92 Å². The fraction of sp³-hybridized carbons (Fsp3) is 0.739. The second-order valence-electron chi connectivity index (χ2n) is 9.91. The molecule has 8 nitrogen and oxygen atoms in total. The van der Waals surface area contributed by atoms with E-state index in [4.69, 9.17) is 4.74 Å². The molecule has 1 aliphatic carbocycles. The summed E-state index contributed by atoms with van der Waals surface area (Å²) in [6.07, 6.45) is 10.2. The van der Waals surface area contributed by atoms with Crippen molar-refractivity contribution in [2.24, 2.45) is 5.92 Å². The molecule has 0 spiro atoms. The van der Waals surface area contributed by atoms with Crippen LogP contribution in [0.4, 0.5) is 4.79 Å². The number of alkyl carbamates (subject to hydrolysis) is 1. The van der Waals surface area contributed by atoms with E-state index < -0.39 is 29.3 Å². The summed E-state index contributed by atoms with van der Waals surface area (Å²) in [5, 5.41) is 5.63. The summed E-state index contributed by atoms with van der Waals surface area (Å²) in [6, 6.07) is -1.36. The summed E-state index contributed by atoms with van der Waals surface area (Å²) in [6.45, 7) is 5.77. The molecule has 8 heteroatoms. The maximum atomic E-state index is 13.3. The fourth-order valence-corrected chi connectivity index (χ4v) is 4.42. The minimum Gasteiger partial charge on any atom is -0.444 e. The third kappa shape index (κ3) is 5.86. The van der Waals surface area contributed by atoms with E-state index in [0.717, 1.165) is 32.0 Å². The first-order valence-electron chi connectivity index (χ1n) is 11.4. The largest absolute Gasteiger partial charge is 0.444 e. The number of nitrogens with one attached hydrogen (secondary N) is 2. The Bertz CT molecular complexity index is 744. The summed E-state index contributed by atoms with van der Waals surface area (Å²) in [7, 11) is 0. The van der Waals surface area contributed by atoms with E-state index in [1.807, 2.05) is 6.08 Å². The van der Waals surface area contributed by atoms with Crippen LogP contribution in [-0.4, -0.2) is 58.9 Å². The number of hydrogen-bond acceptors (Lipinski definition) is 5. The Morgan fingerprint density at radius 1 is 1.23 bits per heavy atom. The lowest BCUT2D eigenvalue weighted by Crippen LogP contribution is -2.55. The molecule has 0 radical (unpaired) electrons. The molecular weight excluding hydrogens is 398 g/mol. The Kier molecular flexibility index (Phi) is 7.06. The van der Waals surface area contributed by atoms with E-state index in [1.165, 1.54) is 0 Å². The monoisotopic (exact) mass is 433 g/mol. The Morgan fingerprint density at radius 2 is 2.00 bits per heavy atom. The first kappa shape index (κ1) is 23.3. The Morgan fingerprint density at radius 3 is 2.71 bits per heavy atom. The smallest absolute Gasteiger partial charge is 0.408 e. The minimum atomic E-state index is -0.848. The SMILES string of the molecule is CC(C)(C)OC(=O)N[C@H]1CCCCC/C=C\[C@@H]2C[C@@]2(C=O)NC(=O)[C@@H]2CCCN2C1=O. The van der Waals surface area contributed by atoms with Gasteiger partial charge in [0.1, 0.15) is 29.5 Å². The lowest BCUT2D eigenvalue weighted by molar-refractivity contribution is -0.140. The highest BCUT2D eigenvalue weighted by Crippen LogP contribution is 2.43. The minimum absolute atomic E-state index is 0.0196. The normalized spacial score (nSPS) is 33.1. The molecule has 2 heterocycles. The number of allylic oxidation sites excluding steroid dienone is 1. The number of carbonyl (C=O) groups excluding carboxylic acids is 4. The second-order valence-corrected chi connectivity index (χ2v) is 9.91. The van der Waals surface area contributed by atoms with Crippen molar-refractivity contribution in [2.75, 3.05) is 6.54 Å². The van der Waals surface area contributed by atoms with Crippen LogP contribution < -0.4 is 10.6 Å². The topological polar surface area (TPSA) is 105 Å². The highest BCUT2D eigenvalue weighted by atomic mass is 16.6. The van der Waals surface area contributed by atoms with Crippen LogP contribution in [0.5, 0.6) is 0 Å². The number of rotatable bonds is 2. The maximum absolute atomic E-state index is 13.3. The van der Waals surface area contributed by atoms with E-state index in [0.29, 0.717) is 32.2 Å². The summed E-state index contributed by atoms with van der Waals surface area (Å²) in [4.78, 5) is 52.0. The van der Waals surface area contributed by atoms with Crippen molar-refractivity contribution in [1.29, 1.82) is 0 Å². The van der Waals surface area contributed by atoms with Gasteiger partial charge in [0, 0.05) is 12.5 Å². The van der Waals surface area contributed by atoms with Crippen LogP contribution in [-0.2, 0) is 19.1 Å². The second kappa shape index (κ2) is 9.40. The van der Waals surface area contributed by atoms with Gasteiger partial charge in [-0.05, 0) is 59.3 Å². The molecule has 1 saturated carbocycles. The molecule has 3 aliphatic rings. The van der Waals surface area contributed by atoms with Crippen LogP contribution in [0.1, 0.15) is 72.1 Å². The molecule has 3 rings (SSSR count). The zero-order valence-electron chi connectivity index (χ0n) is 18.8. The quantitative estimate of drug-likeness (QED) is 0.514. The van der Waals surface area contributed by atoms with Crippen LogP contribution in [0.2, 0.25) is 0 Å². The zero-order valence-corrected chi connectivity index (χ0v) is 18.8. The molecule has 2 fully saturated rings. The van der Waals surface area contributed by atoms with E-state index >= 15 is 0 Å². The molecular formula is C23H35N3O5. The van der Waals surface area contributed by atoms with Gasteiger partial charge in [-0.25, -0.2) is 4.79 Å². The molecule has 0 aromatic heterocycles. The fourth-order valence-electron chi connectivity index (χ4n) is 4.42. The van der Waals surface area contributed by atoms with E-state index in [2.05, 4.69) is 16.7 Å². The van der Waals surface area contributed by atoms with Gasteiger partial charge in [-0.1, -0.05) is 25.0 Å². The molecule has 2 aliphatic heterocycles. The van der Waals surface area contributed by atoms with Gasteiger partial charge < -0.3 is 25.1 Å². The molecule has 1 saturated heterocycles. The van der Waals surface area contributed by atoms with Gasteiger partial charge in [-0.15, -0.1) is 0 Å². The molecule has 31 heavy (non-hydrogen) atoms. The van der Waals surface area contributed by atoms with Crippen molar-refractivity contribution < 1.29 is 23.9 Å². The third-order valence-corrected chi connectivity index (χ3v) is 6.19. The van der Waals surface area contributed by atoms with Gasteiger partial charge >= 0.3 is 6.09 Å². The van der Waals surface area contributed by atoms with Crippen LogP contribution in [0.3, 0.4) is 0 Å². The third-order valence-electron chi connectivity index (χ3n) is 6.19. The lowest BCUT2D eigenvalue weighted by Gasteiger charge is -2.30. The summed E-state index contributed by atoms with van der Waals surface area (Å²) in [5.41, 5.74) is -1.52. The number of hydrogen-bond donors (Lipinski definition) is 2. The van der Waals surface area contributed by atoms with Crippen LogP contribution >= 0.6 is 0 Å². The van der Waals surface area contributed by atoms with Gasteiger partial charge in [0.25, 0.3) is 0 Å². The van der Waals surface area contributed by atoms with Crippen molar-refractivity contribution in [3.8, 4) is 0 Å². The maximum Gasteiger partial charge on any atom is 0.408 e. The number of fused-ring (bicyclic) bond motifs is 2. The summed E-state index contributed by atoms with van der Waals surface area (Å²) >= 11 is 0. The number of ether oxygens (including phenoxy) is 1. The first-order chi connectivity index (χ1) is 14.6. The van der Waals surface area contributed by atoms with Gasteiger partial charge in [-0.2, -0.15) is 0 Å². The van der Waals surface area contributed by atoms with Crippen molar-refractivity contribution in [1.82, 2.24) is 15.5 Å². The average Bonchev–Trinajstić information content (AvgIpc) is 3.13. The predicted octanol–water partition coefficient (Wildman–Crippen LogP) is 2.46. The zero-order chi connectivity index (χ0) is 22.6. The van der Waals surface area contributed by atoms with Gasteiger partial charge in [-0.3, -0.25) is 9.59 Å². The Balaban J connectivity index is 1.77. The summed E-state index contributed by atoms with van der Waals surface area (Å²) < 4.78 is 5.35. The standard InChI is InChI=1S/C23H35N3O5/c1-22(2,3)31-21(30)24-17-11-8-6-4-5-7-10-16-14-23(16,15-27)25-19(28)18-12-9-13-26(18)20(17)29/h7,10,15-18H,4-6,8-9,11-14H2,1-3H3,(H,24,30)(H,25,28)/b10-7-/t16-,17+,18+,23+/m1/s1. The van der Waals surface area contributed by atoms with E-state index in [9.17, 15) is 19.2 Å². The Labute approximate surface area is 184 Å². The van der Waals surface area contributed by atoms with Gasteiger partial charge in [0.2, 0.25) is 11.8 Å². The number of amides is 3.